The highest BCUT2D eigenvalue weighted by Crippen LogP contribution is 1.85. The van der Waals surface area contributed by atoms with E-state index in [0.29, 0.717) is 26.2 Å². The van der Waals surface area contributed by atoms with Gasteiger partial charge in [0.2, 0.25) is 0 Å². The van der Waals surface area contributed by atoms with Crippen molar-refractivity contribution in [2.24, 2.45) is 0 Å². The molecule has 0 spiro atoms. The van der Waals surface area contributed by atoms with E-state index in [0.717, 1.165) is 0 Å². The second kappa shape index (κ2) is 8.45. The van der Waals surface area contributed by atoms with E-state index in [-0.39, 0.29) is 6.42 Å². The summed E-state index contributed by atoms with van der Waals surface area (Å²) < 4.78 is 4.73. The van der Waals surface area contributed by atoms with Gasteiger partial charge in [0.05, 0.1) is 13.2 Å². The average Bonchev–Trinajstić information content (AvgIpc) is 2.02. The van der Waals surface area contributed by atoms with E-state index in [2.05, 4.69) is 5.48 Å². The minimum atomic E-state index is -0.784. The highest BCUT2D eigenvalue weighted by molar-refractivity contribution is 5.66. The van der Waals surface area contributed by atoms with Crippen LogP contribution in [0.4, 0.5) is 0 Å². The van der Waals surface area contributed by atoms with Crippen LogP contribution in [-0.4, -0.2) is 37.9 Å². The van der Waals surface area contributed by atoms with Crippen LogP contribution in [0.15, 0.2) is 0 Å². The number of carboxylic acids is 1. The summed E-state index contributed by atoms with van der Waals surface area (Å²) in [5.74, 6) is -0.784. The van der Waals surface area contributed by atoms with Gasteiger partial charge in [-0.1, -0.05) is 0 Å². The first-order valence-electron chi connectivity index (χ1n) is 3.82. The predicted molar refractivity (Wildman–Crippen MR) is 42.7 cm³/mol. The Morgan fingerprint density at radius 2 is 2.25 bits per heavy atom. The summed E-state index contributed by atoms with van der Waals surface area (Å²) in [5.41, 5.74) is 2.63. The van der Waals surface area contributed by atoms with Gasteiger partial charge < -0.3 is 9.84 Å². The normalized spacial score (nSPS) is 10.1. The summed E-state index contributed by atoms with van der Waals surface area (Å²) in [6.45, 7) is 1.56. The topological polar surface area (TPSA) is 67.8 Å². The Hall–Kier alpha value is -0.650. The van der Waals surface area contributed by atoms with Gasteiger partial charge in [0.15, 0.2) is 0 Å². The Morgan fingerprint density at radius 3 is 2.83 bits per heavy atom. The fourth-order valence-electron chi connectivity index (χ4n) is 0.581. The summed E-state index contributed by atoms with van der Waals surface area (Å²) in [6, 6.07) is 0. The Kier molecular flexibility index (Phi) is 7.99. The van der Waals surface area contributed by atoms with Crippen LogP contribution in [0.3, 0.4) is 0 Å². The van der Waals surface area contributed by atoms with E-state index in [1.807, 2.05) is 0 Å². The van der Waals surface area contributed by atoms with Gasteiger partial charge in [-0.3, -0.25) is 9.63 Å². The third-order valence-electron chi connectivity index (χ3n) is 1.16. The molecule has 0 rings (SSSR count). The number of ether oxygens (including phenoxy) is 1. The van der Waals surface area contributed by atoms with Crippen LogP contribution in [0, 0.1) is 0 Å². The molecule has 0 aliphatic heterocycles. The smallest absolute Gasteiger partial charge is 0.303 e. The molecule has 0 saturated heterocycles. The quantitative estimate of drug-likeness (QED) is 0.404. The number of methoxy groups -OCH3 is 1. The second-order valence-electron chi connectivity index (χ2n) is 2.23. The lowest BCUT2D eigenvalue weighted by Gasteiger charge is -2.03. The van der Waals surface area contributed by atoms with Crippen molar-refractivity contribution in [1.82, 2.24) is 5.48 Å². The van der Waals surface area contributed by atoms with Gasteiger partial charge in [-0.25, -0.2) is 5.48 Å². The Morgan fingerprint density at radius 1 is 1.50 bits per heavy atom. The lowest BCUT2D eigenvalue weighted by molar-refractivity contribution is -0.137. The molecule has 5 nitrogen and oxygen atoms in total. The highest BCUT2D eigenvalue weighted by Gasteiger charge is 1.94. The third-order valence-corrected chi connectivity index (χ3v) is 1.16. The van der Waals surface area contributed by atoms with E-state index in [4.69, 9.17) is 14.7 Å². The first kappa shape index (κ1) is 11.4. The molecule has 2 N–H and O–H groups in total. The molecule has 0 aliphatic rings. The first-order valence-corrected chi connectivity index (χ1v) is 3.82. The van der Waals surface area contributed by atoms with E-state index >= 15 is 0 Å². The number of hydroxylamine groups is 1. The molecular formula is C7H15NO4. The van der Waals surface area contributed by atoms with Crippen molar-refractivity contribution >= 4 is 5.97 Å². The number of hydrogen-bond acceptors (Lipinski definition) is 4. The van der Waals surface area contributed by atoms with E-state index in [1.54, 1.807) is 7.11 Å². The number of aliphatic carboxylic acids is 1. The Labute approximate surface area is 71.6 Å². The van der Waals surface area contributed by atoms with Crippen molar-refractivity contribution < 1.29 is 19.5 Å². The zero-order chi connectivity index (χ0) is 9.23. The zero-order valence-electron chi connectivity index (χ0n) is 7.21. The summed E-state index contributed by atoms with van der Waals surface area (Å²) >= 11 is 0. The third kappa shape index (κ3) is 9.35. The molecule has 12 heavy (non-hydrogen) atoms. The van der Waals surface area contributed by atoms with E-state index in [9.17, 15) is 4.79 Å². The number of carboxylic acid groups (broad SMARTS) is 1. The first-order chi connectivity index (χ1) is 5.77. The molecule has 0 heterocycles. The van der Waals surface area contributed by atoms with Crippen LogP contribution < -0.4 is 5.48 Å². The van der Waals surface area contributed by atoms with Gasteiger partial charge in [0.1, 0.15) is 0 Å². The van der Waals surface area contributed by atoms with Crippen LogP contribution in [0.25, 0.3) is 0 Å². The minimum Gasteiger partial charge on any atom is -0.481 e. The largest absolute Gasteiger partial charge is 0.481 e. The van der Waals surface area contributed by atoms with E-state index in [1.165, 1.54) is 0 Å². The predicted octanol–water partition coefficient (Wildman–Crippen LogP) is 0.0188. The van der Waals surface area contributed by atoms with Crippen molar-refractivity contribution in [2.45, 2.75) is 12.8 Å². The van der Waals surface area contributed by atoms with Gasteiger partial charge in [0.25, 0.3) is 0 Å². The molecule has 0 bridgehead atoms. The molecular weight excluding hydrogens is 162 g/mol. The molecule has 0 aromatic heterocycles. The molecule has 0 unspecified atom stereocenters. The molecule has 0 aliphatic carbocycles. The molecule has 0 amide bonds. The highest BCUT2D eigenvalue weighted by atomic mass is 16.7. The molecule has 0 atom stereocenters. The van der Waals surface area contributed by atoms with Crippen LogP contribution in [0.2, 0.25) is 0 Å². The lowest BCUT2D eigenvalue weighted by Crippen LogP contribution is -2.19. The number of hydrogen-bond donors (Lipinski definition) is 2. The molecule has 5 heteroatoms. The number of rotatable bonds is 8. The summed E-state index contributed by atoms with van der Waals surface area (Å²) in [6.07, 6.45) is 0.739. The van der Waals surface area contributed by atoms with Gasteiger partial charge in [0, 0.05) is 20.1 Å². The molecule has 0 saturated carbocycles. The maximum absolute atomic E-state index is 10.0. The second-order valence-corrected chi connectivity index (χ2v) is 2.23. The standard InChI is InChI=1S/C7H15NO4/c1-11-5-6-12-8-4-2-3-7(9)10/h8H,2-6H2,1H3,(H,9,10). The monoisotopic (exact) mass is 177 g/mol. The van der Waals surface area contributed by atoms with Crippen molar-refractivity contribution in [3.8, 4) is 0 Å². The van der Waals surface area contributed by atoms with E-state index < -0.39 is 5.97 Å². The number of carbonyl (C=O) groups is 1. The van der Waals surface area contributed by atoms with Crippen LogP contribution in [0.1, 0.15) is 12.8 Å². The molecule has 72 valence electrons. The van der Waals surface area contributed by atoms with Gasteiger partial charge >= 0.3 is 5.97 Å². The average molecular weight is 177 g/mol. The minimum absolute atomic E-state index is 0.167. The molecule has 0 fully saturated rings. The lowest BCUT2D eigenvalue weighted by atomic mass is 10.3. The molecule has 0 aromatic rings. The van der Waals surface area contributed by atoms with Crippen molar-refractivity contribution in [2.75, 3.05) is 26.9 Å². The van der Waals surface area contributed by atoms with Gasteiger partial charge in [-0.2, -0.15) is 0 Å². The fourth-order valence-corrected chi connectivity index (χ4v) is 0.581. The maximum Gasteiger partial charge on any atom is 0.303 e. The van der Waals surface area contributed by atoms with Crippen LogP contribution in [0.5, 0.6) is 0 Å². The van der Waals surface area contributed by atoms with Crippen molar-refractivity contribution in [1.29, 1.82) is 0 Å². The zero-order valence-corrected chi connectivity index (χ0v) is 7.21. The summed E-state index contributed by atoms with van der Waals surface area (Å²) in [4.78, 5) is 14.9. The maximum atomic E-state index is 10.0. The SMILES string of the molecule is COCCONCCCC(=O)O. The molecule has 0 aromatic carbocycles. The fraction of sp³-hybridized carbons (Fsp3) is 0.857. The van der Waals surface area contributed by atoms with Crippen molar-refractivity contribution in [3.05, 3.63) is 0 Å². The molecule has 0 radical (unpaired) electrons. The van der Waals surface area contributed by atoms with Crippen molar-refractivity contribution in [3.63, 3.8) is 0 Å². The Balaban J connectivity index is 2.86. The summed E-state index contributed by atoms with van der Waals surface area (Å²) in [7, 11) is 1.59. The summed E-state index contributed by atoms with van der Waals surface area (Å²) in [5, 5.41) is 8.27. The Bertz CT molecular complexity index is 118. The van der Waals surface area contributed by atoms with Crippen LogP contribution in [-0.2, 0) is 14.4 Å². The van der Waals surface area contributed by atoms with Gasteiger partial charge in [-0.05, 0) is 6.42 Å². The van der Waals surface area contributed by atoms with Gasteiger partial charge in [-0.15, -0.1) is 0 Å². The number of nitrogens with one attached hydrogen (secondary N) is 1. The van der Waals surface area contributed by atoms with Crippen LogP contribution >= 0.6 is 0 Å².